The first kappa shape index (κ1) is 16.5. The molecule has 1 N–H and O–H groups in total. The zero-order valence-electron chi connectivity index (χ0n) is 13.4. The molecule has 0 spiro atoms. The van der Waals surface area contributed by atoms with E-state index in [2.05, 4.69) is 44.1 Å². The van der Waals surface area contributed by atoms with Crippen LogP contribution in [-0.2, 0) is 0 Å². The van der Waals surface area contributed by atoms with Crippen LogP contribution in [0.4, 0.5) is 0 Å². The highest BCUT2D eigenvalue weighted by Gasteiger charge is 2.41. The van der Waals surface area contributed by atoms with Crippen molar-refractivity contribution < 1.29 is 0 Å². The van der Waals surface area contributed by atoms with Gasteiger partial charge in [0.15, 0.2) is 0 Å². The topological polar surface area (TPSA) is 39.1 Å². The van der Waals surface area contributed by atoms with Crippen LogP contribution in [0.1, 0.15) is 52.9 Å². The molecule has 0 amide bonds. The van der Waals surface area contributed by atoms with Gasteiger partial charge >= 0.3 is 0 Å². The predicted molar refractivity (Wildman–Crippen MR) is 80.9 cm³/mol. The van der Waals surface area contributed by atoms with Gasteiger partial charge in [-0.2, -0.15) is 5.26 Å². The maximum Gasteiger partial charge on any atom is 0.109 e. The van der Waals surface area contributed by atoms with Gasteiger partial charge < -0.3 is 10.2 Å². The summed E-state index contributed by atoms with van der Waals surface area (Å²) in [6.07, 6.45) is 5.77. The molecule has 3 atom stereocenters. The van der Waals surface area contributed by atoms with Crippen molar-refractivity contribution in [3.63, 3.8) is 0 Å². The minimum absolute atomic E-state index is 0.262. The average Bonchev–Trinajstić information content (AvgIpc) is 2.78. The van der Waals surface area contributed by atoms with Crippen molar-refractivity contribution in [1.29, 1.82) is 5.26 Å². The van der Waals surface area contributed by atoms with Crippen LogP contribution in [0.2, 0.25) is 0 Å². The average molecular weight is 265 g/mol. The molecule has 0 bridgehead atoms. The number of nitriles is 1. The van der Waals surface area contributed by atoms with E-state index in [0.29, 0.717) is 12.0 Å². The lowest BCUT2D eigenvalue weighted by Gasteiger charge is -2.32. The van der Waals surface area contributed by atoms with Crippen molar-refractivity contribution in [2.24, 2.45) is 11.8 Å². The molecular formula is C16H31N3. The van der Waals surface area contributed by atoms with Gasteiger partial charge in [0, 0.05) is 6.04 Å². The summed E-state index contributed by atoms with van der Waals surface area (Å²) in [5.74, 6) is 1.26. The molecular weight excluding hydrogens is 234 g/mol. The first-order valence-electron chi connectivity index (χ1n) is 7.75. The third-order valence-corrected chi connectivity index (χ3v) is 4.86. The van der Waals surface area contributed by atoms with E-state index in [4.69, 9.17) is 0 Å². The van der Waals surface area contributed by atoms with Gasteiger partial charge in [-0.1, -0.05) is 20.3 Å². The van der Waals surface area contributed by atoms with Crippen molar-refractivity contribution in [1.82, 2.24) is 10.2 Å². The fourth-order valence-electron chi connectivity index (χ4n) is 3.44. The maximum atomic E-state index is 9.45. The Morgan fingerprint density at radius 3 is 2.63 bits per heavy atom. The zero-order valence-corrected chi connectivity index (χ0v) is 13.4. The van der Waals surface area contributed by atoms with Crippen LogP contribution >= 0.6 is 0 Å². The van der Waals surface area contributed by atoms with Crippen molar-refractivity contribution in [3.05, 3.63) is 0 Å². The first-order chi connectivity index (χ1) is 8.95. The second kappa shape index (κ2) is 7.26. The largest absolute Gasteiger partial charge is 0.304 e. The number of nitrogens with zero attached hydrogens (tertiary/aromatic N) is 2. The molecule has 19 heavy (non-hydrogen) atoms. The van der Waals surface area contributed by atoms with Gasteiger partial charge in [0.05, 0.1) is 6.07 Å². The fourth-order valence-corrected chi connectivity index (χ4v) is 3.44. The van der Waals surface area contributed by atoms with Gasteiger partial charge in [0.2, 0.25) is 0 Å². The quantitative estimate of drug-likeness (QED) is 0.769. The molecule has 3 unspecified atom stereocenters. The molecule has 0 saturated heterocycles. The fraction of sp³-hybridized carbons (Fsp3) is 0.938. The van der Waals surface area contributed by atoms with Gasteiger partial charge in [0.25, 0.3) is 0 Å². The first-order valence-corrected chi connectivity index (χ1v) is 7.75. The second-order valence-electron chi connectivity index (χ2n) is 6.67. The number of hydrogen-bond acceptors (Lipinski definition) is 3. The van der Waals surface area contributed by atoms with Crippen LogP contribution < -0.4 is 5.32 Å². The van der Waals surface area contributed by atoms with Crippen LogP contribution in [0.25, 0.3) is 0 Å². The van der Waals surface area contributed by atoms with Crippen LogP contribution in [0.3, 0.4) is 0 Å². The van der Waals surface area contributed by atoms with Gasteiger partial charge in [-0.05, 0) is 65.1 Å². The molecule has 1 rings (SSSR count). The van der Waals surface area contributed by atoms with E-state index in [1.165, 1.54) is 19.3 Å². The van der Waals surface area contributed by atoms with E-state index in [1.54, 1.807) is 0 Å². The molecule has 1 saturated carbocycles. The summed E-state index contributed by atoms with van der Waals surface area (Å²) in [6.45, 7) is 7.97. The maximum absolute atomic E-state index is 9.45. The lowest BCUT2D eigenvalue weighted by Crippen LogP contribution is -2.46. The van der Waals surface area contributed by atoms with Crippen LogP contribution in [0.15, 0.2) is 0 Å². The molecule has 110 valence electrons. The standard InChI is InChI=1S/C16H31N3/c1-13(2)11-14(3)19(5)10-8-15-7-6-9-16(15,12-17)18-4/h13-15,18H,6-11H2,1-5H3. The Hall–Kier alpha value is -0.590. The van der Waals surface area contributed by atoms with Crippen molar-refractivity contribution in [3.8, 4) is 6.07 Å². The summed E-state index contributed by atoms with van der Waals surface area (Å²) in [5, 5.41) is 12.7. The predicted octanol–water partition coefficient (Wildman–Crippen LogP) is 3.02. The Morgan fingerprint density at radius 1 is 1.42 bits per heavy atom. The van der Waals surface area contributed by atoms with Crippen molar-refractivity contribution in [2.45, 2.75) is 64.5 Å². The molecule has 0 aliphatic heterocycles. The summed E-state index contributed by atoms with van der Waals surface area (Å²) in [4.78, 5) is 2.45. The normalized spacial score (nSPS) is 28.8. The van der Waals surface area contributed by atoms with Crippen molar-refractivity contribution >= 4 is 0 Å². The number of rotatable bonds is 7. The Bertz CT molecular complexity index is 308. The van der Waals surface area contributed by atoms with E-state index in [0.717, 1.165) is 25.3 Å². The minimum Gasteiger partial charge on any atom is -0.304 e. The lowest BCUT2D eigenvalue weighted by molar-refractivity contribution is 0.198. The molecule has 1 fully saturated rings. The molecule has 1 aliphatic rings. The zero-order chi connectivity index (χ0) is 14.5. The van der Waals surface area contributed by atoms with E-state index in [9.17, 15) is 5.26 Å². The lowest BCUT2D eigenvalue weighted by atomic mass is 9.86. The number of nitrogens with one attached hydrogen (secondary N) is 1. The molecule has 0 aromatic carbocycles. The van der Waals surface area contributed by atoms with E-state index in [1.807, 2.05) is 7.05 Å². The Morgan fingerprint density at radius 2 is 2.11 bits per heavy atom. The van der Waals surface area contributed by atoms with E-state index < -0.39 is 0 Å². The van der Waals surface area contributed by atoms with E-state index >= 15 is 0 Å². The summed E-state index contributed by atoms with van der Waals surface area (Å²) >= 11 is 0. The molecule has 0 aromatic heterocycles. The second-order valence-corrected chi connectivity index (χ2v) is 6.67. The summed E-state index contributed by atoms with van der Waals surface area (Å²) in [6, 6.07) is 3.16. The van der Waals surface area contributed by atoms with Crippen LogP contribution in [0.5, 0.6) is 0 Å². The molecule has 3 heteroatoms. The summed E-state index contributed by atoms with van der Waals surface area (Å²) in [5.41, 5.74) is -0.262. The molecule has 0 aromatic rings. The third-order valence-electron chi connectivity index (χ3n) is 4.86. The Kier molecular flexibility index (Phi) is 6.29. The van der Waals surface area contributed by atoms with Crippen LogP contribution in [-0.4, -0.2) is 37.1 Å². The number of hydrogen-bond donors (Lipinski definition) is 1. The van der Waals surface area contributed by atoms with Gasteiger partial charge in [-0.15, -0.1) is 0 Å². The molecule has 0 radical (unpaired) electrons. The highest BCUT2D eigenvalue weighted by molar-refractivity contribution is 5.13. The van der Waals surface area contributed by atoms with E-state index in [-0.39, 0.29) is 5.54 Å². The SMILES string of the molecule is CNC1(C#N)CCCC1CCN(C)C(C)CC(C)C. The summed E-state index contributed by atoms with van der Waals surface area (Å²) in [7, 11) is 4.15. The molecule has 1 aliphatic carbocycles. The monoisotopic (exact) mass is 265 g/mol. The Balaban J connectivity index is 2.46. The third kappa shape index (κ3) is 4.19. The highest BCUT2D eigenvalue weighted by atomic mass is 15.1. The Labute approximate surface area is 119 Å². The minimum atomic E-state index is -0.262. The van der Waals surface area contributed by atoms with Gasteiger partial charge in [-0.3, -0.25) is 0 Å². The van der Waals surface area contributed by atoms with Crippen LogP contribution in [0, 0.1) is 23.2 Å². The smallest absolute Gasteiger partial charge is 0.109 e. The molecule has 3 nitrogen and oxygen atoms in total. The van der Waals surface area contributed by atoms with Gasteiger partial charge in [0.1, 0.15) is 5.54 Å². The van der Waals surface area contributed by atoms with Gasteiger partial charge in [-0.25, -0.2) is 0 Å². The highest BCUT2D eigenvalue weighted by Crippen LogP contribution is 2.37. The van der Waals surface area contributed by atoms with Crippen molar-refractivity contribution in [2.75, 3.05) is 20.6 Å². The molecule has 0 heterocycles. The summed E-state index contributed by atoms with van der Waals surface area (Å²) < 4.78 is 0.